The van der Waals surface area contributed by atoms with E-state index in [9.17, 15) is 14.0 Å². The van der Waals surface area contributed by atoms with Gasteiger partial charge in [0.25, 0.3) is 5.91 Å². The van der Waals surface area contributed by atoms with Gasteiger partial charge in [-0.2, -0.15) is 0 Å². The molecule has 0 radical (unpaired) electrons. The Morgan fingerprint density at radius 2 is 1.65 bits per heavy atom. The van der Waals surface area contributed by atoms with Gasteiger partial charge in [0, 0.05) is 5.56 Å². The standard InChI is InChI=1S/C28H24FN5O3/c1-17(2)37-22-14-8-19(9-15-22)26-31-23(25(30)35)24-27(32-26)34(21-12-10-20(29)11-13-21)28(36)33(24)16-18-6-4-3-5-7-18/h3-15,17H,16H2,1-2H3,(H2,30,35). The van der Waals surface area contributed by atoms with Crippen molar-refractivity contribution in [2.24, 2.45) is 5.73 Å². The average Bonchev–Trinajstić information content (AvgIpc) is 3.15. The highest BCUT2D eigenvalue weighted by atomic mass is 19.1. The zero-order valence-corrected chi connectivity index (χ0v) is 20.3. The lowest BCUT2D eigenvalue weighted by Crippen LogP contribution is -2.24. The Kier molecular flexibility index (Phi) is 6.27. The van der Waals surface area contributed by atoms with Crippen LogP contribution < -0.4 is 16.2 Å². The van der Waals surface area contributed by atoms with Gasteiger partial charge in [-0.05, 0) is 67.9 Å². The normalized spacial score (nSPS) is 11.2. The van der Waals surface area contributed by atoms with Crippen LogP contribution in [0.4, 0.5) is 4.39 Å². The predicted molar refractivity (Wildman–Crippen MR) is 138 cm³/mol. The van der Waals surface area contributed by atoms with Gasteiger partial charge < -0.3 is 10.5 Å². The van der Waals surface area contributed by atoms with E-state index in [1.54, 1.807) is 24.3 Å². The monoisotopic (exact) mass is 497 g/mol. The molecule has 0 atom stereocenters. The van der Waals surface area contributed by atoms with Crippen LogP contribution in [0.15, 0.2) is 83.7 Å². The van der Waals surface area contributed by atoms with Crippen molar-refractivity contribution in [1.82, 2.24) is 19.1 Å². The van der Waals surface area contributed by atoms with Gasteiger partial charge in [0.2, 0.25) is 0 Å². The largest absolute Gasteiger partial charge is 0.491 e. The van der Waals surface area contributed by atoms with Crippen molar-refractivity contribution >= 4 is 17.1 Å². The summed E-state index contributed by atoms with van der Waals surface area (Å²) in [5.41, 5.74) is 7.44. The van der Waals surface area contributed by atoms with Crippen LogP contribution in [0.5, 0.6) is 5.75 Å². The third-order valence-electron chi connectivity index (χ3n) is 5.76. The fourth-order valence-corrected chi connectivity index (χ4v) is 4.15. The first-order valence-electron chi connectivity index (χ1n) is 11.7. The predicted octanol–water partition coefficient (Wildman–Crippen LogP) is 4.32. The first-order valence-corrected chi connectivity index (χ1v) is 11.7. The van der Waals surface area contributed by atoms with Crippen LogP contribution in [0, 0.1) is 5.82 Å². The van der Waals surface area contributed by atoms with Crippen molar-refractivity contribution in [2.75, 3.05) is 0 Å². The Labute approximate surface area is 211 Å². The molecule has 0 unspecified atom stereocenters. The van der Waals surface area contributed by atoms with Crippen LogP contribution in [0.2, 0.25) is 0 Å². The molecule has 5 rings (SSSR count). The van der Waals surface area contributed by atoms with Crippen LogP contribution in [-0.2, 0) is 6.54 Å². The molecule has 2 aromatic heterocycles. The minimum Gasteiger partial charge on any atom is -0.491 e. The number of imidazole rings is 1. The molecular formula is C28H24FN5O3. The molecule has 0 bridgehead atoms. The third-order valence-corrected chi connectivity index (χ3v) is 5.76. The number of nitrogens with zero attached hydrogens (tertiary/aromatic N) is 4. The van der Waals surface area contributed by atoms with Crippen molar-refractivity contribution < 1.29 is 13.9 Å². The quantitative estimate of drug-likeness (QED) is 0.361. The van der Waals surface area contributed by atoms with Crippen LogP contribution in [-0.4, -0.2) is 31.1 Å². The number of halogens is 1. The van der Waals surface area contributed by atoms with Gasteiger partial charge >= 0.3 is 5.69 Å². The Morgan fingerprint density at radius 1 is 0.973 bits per heavy atom. The first-order chi connectivity index (χ1) is 17.8. The molecule has 0 saturated carbocycles. The number of hydrogen-bond acceptors (Lipinski definition) is 5. The molecule has 0 fully saturated rings. The number of carbonyl (C=O) groups excluding carboxylic acids is 1. The number of primary amides is 1. The Hall–Kier alpha value is -4.79. The van der Waals surface area contributed by atoms with E-state index in [-0.39, 0.29) is 35.3 Å². The molecule has 1 amide bonds. The second-order valence-corrected chi connectivity index (χ2v) is 8.79. The molecule has 0 aliphatic carbocycles. The molecule has 5 aromatic rings. The summed E-state index contributed by atoms with van der Waals surface area (Å²) in [6, 6.07) is 21.9. The summed E-state index contributed by atoms with van der Waals surface area (Å²) >= 11 is 0. The van der Waals surface area contributed by atoms with E-state index in [1.165, 1.54) is 33.4 Å². The molecule has 0 aliphatic rings. The van der Waals surface area contributed by atoms with Crippen LogP contribution in [0.1, 0.15) is 29.9 Å². The number of ether oxygens (including phenoxy) is 1. The molecule has 0 saturated heterocycles. The highest BCUT2D eigenvalue weighted by Gasteiger charge is 2.24. The summed E-state index contributed by atoms with van der Waals surface area (Å²) < 4.78 is 22.1. The summed E-state index contributed by atoms with van der Waals surface area (Å²) in [7, 11) is 0. The Balaban J connectivity index is 1.77. The average molecular weight is 498 g/mol. The number of carbonyl (C=O) groups is 1. The van der Waals surface area contributed by atoms with Crippen molar-refractivity contribution in [3.8, 4) is 22.8 Å². The van der Waals surface area contributed by atoms with E-state index in [2.05, 4.69) is 9.97 Å². The SMILES string of the molecule is CC(C)Oc1ccc(-c2nc(C(N)=O)c3c(n2)n(-c2ccc(F)cc2)c(=O)n3Cc2ccccc2)cc1. The number of benzene rings is 3. The highest BCUT2D eigenvalue weighted by molar-refractivity contribution is 6.02. The first kappa shape index (κ1) is 23.9. The molecule has 8 nitrogen and oxygen atoms in total. The molecule has 0 aliphatic heterocycles. The third kappa shape index (κ3) is 4.71. The van der Waals surface area contributed by atoms with Crippen molar-refractivity contribution in [1.29, 1.82) is 0 Å². The lowest BCUT2D eigenvalue weighted by atomic mass is 10.2. The van der Waals surface area contributed by atoms with Gasteiger partial charge in [0.1, 0.15) is 17.1 Å². The second-order valence-electron chi connectivity index (χ2n) is 8.79. The fraction of sp³-hybridized carbons (Fsp3) is 0.143. The summed E-state index contributed by atoms with van der Waals surface area (Å²) in [4.78, 5) is 35.5. The highest BCUT2D eigenvalue weighted by Crippen LogP contribution is 2.26. The Morgan fingerprint density at radius 3 is 2.27 bits per heavy atom. The minimum atomic E-state index is -0.800. The van der Waals surface area contributed by atoms with Crippen molar-refractivity contribution in [2.45, 2.75) is 26.5 Å². The molecule has 9 heteroatoms. The Bertz CT molecular complexity index is 1640. The van der Waals surface area contributed by atoms with Gasteiger partial charge in [-0.1, -0.05) is 30.3 Å². The van der Waals surface area contributed by atoms with E-state index in [4.69, 9.17) is 10.5 Å². The molecule has 186 valence electrons. The molecule has 37 heavy (non-hydrogen) atoms. The van der Waals surface area contributed by atoms with Crippen molar-refractivity contribution in [3.05, 3.63) is 106 Å². The van der Waals surface area contributed by atoms with Crippen LogP contribution in [0.25, 0.3) is 28.2 Å². The van der Waals surface area contributed by atoms with Gasteiger partial charge in [-0.25, -0.2) is 23.7 Å². The van der Waals surface area contributed by atoms with E-state index in [0.717, 1.165) is 5.56 Å². The number of aromatic nitrogens is 4. The maximum absolute atomic E-state index is 13.7. The molecule has 2 N–H and O–H groups in total. The van der Waals surface area contributed by atoms with Gasteiger partial charge in [-0.15, -0.1) is 0 Å². The van der Waals surface area contributed by atoms with Crippen molar-refractivity contribution in [3.63, 3.8) is 0 Å². The van der Waals surface area contributed by atoms with Gasteiger partial charge in [-0.3, -0.25) is 9.36 Å². The van der Waals surface area contributed by atoms with Crippen LogP contribution in [0.3, 0.4) is 0 Å². The molecule has 2 heterocycles. The topological polar surface area (TPSA) is 105 Å². The maximum Gasteiger partial charge on any atom is 0.335 e. The zero-order chi connectivity index (χ0) is 26.1. The summed E-state index contributed by atoms with van der Waals surface area (Å²) in [5, 5.41) is 0. The number of nitrogens with two attached hydrogens (primary N) is 1. The molecule has 0 spiro atoms. The number of fused-ring (bicyclic) bond motifs is 1. The zero-order valence-electron chi connectivity index (χ0n) is 20.3. The van der Waals surface area contributed by atoms with Gasteiger partial charge in [0.05, 0.1) is 18.3 Å². The lowest BCUT2D eigenvalue weighted by Gasteiger charge is -2.11. The molecule has 3 aromatic carbocycles. The maximum atomic E-state index is 13.7. The smallest absolute Gasteiger partial charge is 0.335 e. The second kappa shape index (κ2) is 9.69. The number of amides is 1. The molecular weight excluding hydrogens is 473 g/mol. The summed E-state index contributed by atoms with van der Waals surface area (Å²) in [6.45, 7) is 4.02. The summed E-state index contributed by atoms with van der Waals surface area (Å²) in [6.07, 6.45) is 0.00874. The summed E-state index contributed by atoms with van der Waals surface area (Å²) in [5.74, 6) is -0.356. The fourth-order valence-electron chi connectivity index (χ4n) is 4.15. The lowest BCUT2D eigenvalue weighted by molar-refractivity contribution is 0.0997. The van der Waals surface area contributed by atoms with E-state index in [1.807, 2.05) is 44.2 Å². The number of hydrogen-bond donors (Lipinski definition) is 1. The van der Waals surface area contributed by atoms with E-state index in [0.29, 0.717) is 17.0 Å². The minimum absolute atomic E-state index is 0.00874. The van der Waals surface area contributed by atoms with E-state index >= 15 is 0 Å². The number of rotatable bonds is 7. The van der Waals surface area contributed by atoms with E-state index < -0.39 is 17.4 Å². The van der Waals surface area contributed by atoms with Crippen LogP contribution >= 0.6 is 0 Å². The van der Waals surface area contributed by atoms with Gasteiger partial charge in [0.15, 0.2) is 17.2 Å².